The van der Waals surface area contributed by atoms with Gasteiger partial charge in [-0.1, -0.05) is 56.8 Å². The summed E-state index contributed by atoms with van der Waals surface area (Å²) in [4.78, 5) is 11.8. The Morgan fingerprint density at radius 2 is 2.19 bits per heavy atom. The summed E-state index contributed by atoms with van der Waals surface area (Å²) in [6.45, 7) is 5.21. The van der Waals surface area contributed by atoms with Crippen LogP contribution in [0.2, 0.25) is 5.02 Å². The third-order valence-corrected chi connectivity index (χ3v) is 4.76. The summed E-state index contributed by atoms with van der Waals surface area (Å²) in [5, 5.41) is 3.80. The lowest BCUT2D eigenvalue weighted by Gasteiger charge is -2.15. The van der Waals surface area contributed by atoms with E-state index in [2.05, 4.69) is 19.2 Å². The maximum absolute atomic E-state index is 11.8. The van der Waals surface area contributed by atoms with Crippen LogP contribution in [0.25, 0.3) is 0 Å². The largest absolute Gasteiger partial charge is 0.355 e. The first-order chi connectivity index (χ1) is 10.2. The van der Waals surface area contributed by atoms with Crippen molar-refractivity contribution < 1.29 is 4.79 Å². The van der Waals surface area contributed by atoms with Gasteiger partial charge in [-0.15, -0.1) is 11.8 Å². The van der Waals surface area contributed by atoms with Gasteiger partial charge in [0.25, 0.3) is 0 Å². The van der Waals surface area contributed by atoms with Crippen LogP contribution in [0.15, 0.2) is 24.3 Å². The Morgan fingerprint density at radius 3 is 2.86 bits per heavy atom. The molecule has 21 heavy (non-hydrogen) atoms. The van der Waals surface area contributed by atoms with Crippen LogP contribution in [-0.2, 0) is 10.5 Å². The lowest BCUT2D eigenvalue weighted by molar-refractivity contribution is -0.118. The van der Waals surface area contributed by atoms with Crippen LogP contribution in [0.1, 0.15) is 45.1 Å². The van der Waals surface area contributed by atoms with Crippen molar-refractivity contribution in [1.82, 2.24) is 5.32 Å². The van der Waals surface area contributed by atoms with Crippen LogP contribution in [0.5, 0.6) is 0 Å². The second kappa shape index (κ2) is 11.0. The fourth-order valence-electron chi connectivity index (χ4n) is 2.14. The lowest BCUT2D eigenvalue weighted by atomic mass is 9.99. The normalized spacial score (nSPS) is 12.1. The van der Waals surface area contributed by atoms with Crippen LogP contribution in [0.3, 0.4) is 0 Å². The van der Waals surface area contributed by atoms with Gasteiger partial charge in [0.15, 0.2) is 0 Å². The molecule has 0 aliphatic heterocycles. The fourth-order valence-corrected chi connectivity index (χ4v) is 3.16. The molecule has 1 N–H and O–H groups in total. The molecule has 2 nitrogen and oxygen atoms in total. The molecule has 0 aliphatic carbocycles. The molecule has 0 radical (unpaired) electrons. The van der Waals surface area contributed by atoms with E-state index in [0.29, 0.717) is 11.7 Å². The molecule has 0 aliphatic rings. The van der Waals surface area contributed by atoms with Crippen LogP contribution in [0, 0.1) is 5.92 Å². The van der Waals surface area contributed by atoms with Crippen molar-refractivity contribution in [3.63, 3.8) is 0 Å². The molecule has 0 unspecified atom stereocenters. The molecule has 4 heteroatoms. The van der Waals surface area contributed by atoms with Gasteiger partial charge in [0.05, 0.1) is 5.75 Å². The van der Waals surface area contributed by atoms with E-state index in [1.165, 1.54) is 19.3 Å². The van der Waals surface area contributed by atoms with Crippen molar-refractivity contribution in [3.8, 4) is 0 Å². The van der Waals surface area contributed by atoms with E-state index >= 15 is 0 Å². The number of carbonyl (C=O) groups is 1. The fraction of sp³-hybridized carbons (Fsp3) is 0.588. The summed E-state index contributed by atoms with van der Waals surface area (Å²) >= 11 is 7.57. The summed E-state index contributed by atoms with van der Waals surface area (Å²) < 4.78 is 0. The molecule has 1 rings (SSSR count). The highest BCUT2D eigenvalue weighted by atomic mass is 35.5. The number of amides is 1. The first-order valence-electron chi connectivity index (χ1n) is 7.74. The smallest absolute Gasteiger partial charge is 0.230 e. The van der Waals surface area contributed by atoms with Crippen molar-refractivity contribution in [2.24, 2.45) is 5.92 Å². The number of hydrogen-bond acceptors (Lipinski definition) is 2. The SMILES string of the molecule is CCCC[C@@H](CC)CNC(=O)CSCc1cccc(Cl)c1. The summed E-state index contributed by atoms with van der Waals surface area (Å²) in [5.41, 5.74) is 1.16. The minimum absolute atomic E-state index is 0.136. The molecule has 0 fully saturated rings. The molecule has 0 bridgehead atoms. The number of benzene rings is 1. The maximum atomic E-state index is 11.8. The van der Waals surface area contributed by atoms with Gasteiger partial charge in [-0.3, -0.25) is 4.79 Å². The Kier molecular flexibility index (Phi) is 9.60. The molecule has 1 aromatic carbocycles. The number of carbonyl (C=O) groups excluding carboxylic acids is 1. The Labute approximate surface area is 138 Å². The van der Waals surface area contributed by atoms with E-state index in [1.807, 2.05) is 24.3 Å². The standard InChI is InChI=1S/C17H26ClNOS/c1-3-5-7-14(4-2)11-19-17(20)13-21-12-15-8-6-9-16(18)10-15/h6,8-10,14H,3-5,7,11-13H2,1-2H3,(H,19,20)/t14-/m1/s1. The van der Waals surface area contributed by atoms with Crippen LogP contribution in [0.4, 0.5) is 0 Å². The quantitative estimate of drug-likeness (QED) is 0.661. The number of halogens is 1. The monoisotopic (exact) mass is 327 g/mol. The first kappa shape index (κ1) is 18.4. The molecule has 0 aromatic heterocycles. The molecule has 118 valence electrons. The van der Waals surface area contributed by atoms with E-state index in [1.54, 1.807) is 11.8 Å². The molecule has 1 atom stereocenters. The van der Waals surface area contributed by atoms with Gasteiger partial charge < -0.3 is 5.32 Å². The molecular formula is C17H26ClNOS. The average molecular weight is 328 g/mol. The molecule has 0 spiro atoms. The van der Waals surface area contributed by atoms with Crippen molar-refractivity contribution >= 4 is 29.3 Å². The Bertz CT molecular complexity index is 425. The summed E-state index contributed by atoms with van der Waals surface area (Å²) in [7, 11) is 0. The van der Waals surface area contributed by atoms with Gasteiger partial charge >= 0.3 is 0 Å². The van der Waals surface area contributed by atoms with Gasteiger partial charge in [0.2, 0.25) is 5.91 Å². The van der Waals surface area contributed by atoms with E-state index in [0.717, 1.165) is 29.3 Å². The van der Waals surface area contributed by atoms with Crippen LogP contribution < -0.4 is 5.32 Å². The van der Waals surface area contributed by atoms with E-state index in [9.17, 15) is 4.79 Å². The zero-order chi connectivity index (χ0) is 15.5. The number of unbranched alkanes of at least 4 members (excludes halogenated alkanes) is 1. The topological polar surface area (TPSA) is 29.1 Å². The zero-order valence-electron chi connectivity index (χ0n) is 13.0. The van der Waals surface area contributed by atoms with E-state index < -0.39 is 0 Å². The second-order valence-corrected chi connectivity index (χ2v) is 6.77. The first-order valence-corrected chi connectivity index (χ1v) is 9.27. The minimum atomic E-state index is 0.136. The highest BCUT2D eigenvalue weighted by Gasteiger charge is 2.08. The highest BCUT2D eigenvalue weighted by molar-refractivity contribution is 7.99. The Morgan fingerprint density at radius 1 is 1.38 bits per heavy atom. The van der Waals surface area contributed by atoms with Gasteiger partial charge in [0.1, 0.15) is 0 Å². The predicted molar refractivity (Wildman–Crippen MR) is 93.9 cm³/mol. The van der Waals surface area contributed by atoms with Gasteiger partial charge in [0, 0.05) is 17.3 Å². The van der Waals surface area contributed by atoms with Crippen molar-refractivity contribution in [3.05, 3.63) is 34.9 Å². The molecule has 0 saturated heterocycles. The molecule has 0 heterocycles. The third-order valence-electron chi connectivity index (χ3n) is 3.52. The predicted octanol–water partition coefficient (Wildman–Crippen LogP) is 4.91. The van der Waals surface area contributed by atoms with Crippen LogP contribution >= 0.6 is 23.4 Å². The summed E-state index contributed by atoms with van der Waals surface area (Å²) in [6, 6.07) is 7.79. The van der Waals surface area contributed by atoms with Gasteiger partial charge in [-0.25, -0.2) is 0 Å². The Balaban J connectivity index is 2.18. The number of nitrogens with one attached hydrogen (secondary N) is 1. The lowest BCUT2D eigenvalue weighted by Crippen LogP contribution is -2.30. The number of hydrogen-bond donors (Lipinski definition) is 1. The van der Waals surface area contributed by atoms with E-state index in [4.69, 9.17) is 11.6 Å². The van der Waals surface area contributed by atoms with Gasteiger partial charge in [-0.05, 0) is 30.0 Å². The molecule has 0 saturated carbocycles. The van der Waals surface area contributed by atoms with Gasteiger partial charge in [-0.2, -0.15) is 0 Å². The maximum Gasteiger partial charge on any atom is 0.230 e. The summed E-state index contributed by atoms with van der Waals surface area (Å²) in [6.07, 6.45) is 4.82. The number of rotatable bonds is 10. The van der Waals surface area contributed by atoms with Crippen LogP contribution in [-0.4, -0.2) is 18.2 Å². The second-order valence-electron chi connectivity index (χ2n) is 5.34. The minimum Gasteiger partial charge on any atom is -0.355 e. The van der Waals surface area contributed by atoms with E-state index in [-0.39, 0.29) is 5.91 Å². The molecular weight excluding hydrogens is 302 g/mol. The van der Waals surface area contributed by atoms with Crippen molar-refractivity contribution in [1.29, 1.82) is 0 Å². The molecule has 1 amide bonds. The highest BCUT2D eigenvalue weighted by Crippen LogP contribution is 2.16. The zero-order valence-corrected chi connectivity index (χ0v) is 14.6. The average Bonchev–Trinajstić information content (AvgIpc) is 2.47. The van der Waals surface area contributed by atoms with Crippen molar-refractivity contribution in [2.75, 3.05) is 12.3 Å². The summed E-state index contributed by atoms with van der Waals surface area (Å²) in [5.74, 6) is 2.08. The molecule has 1 aromatic rings. The van der Waals surface area contributed by atoms with Crippen molar-refractivity contribution in [2.45, 2.75) is 45.3 Å². The third kappa shape index (κ3) is 8.37. The number of thioether (sulfide) groups is 1. The Hall–Kier alpha value is -0.670.